The fraction of sp³-hybridized carbons (Fsp3) is 0.462. The number of carbonyl (C=O) groups is 1. The van der Waals surface area contributed by atoms with E-state index in [4.69, 9.17) is 5.73 Å². The normalized spacial score (nSPS) is 21.0. The summed E-state index contributed by atoms with van der Waals surface area (Å²) in [7, 11) is 0. The minimum atomic E-state index is -3.03. The maximum Gasteiger partial charge on any atom is 0.277 e. The molecule has 112 valence electrons. The highest BCUT2D eigenvalue weighted by molar-refractivity contribution is 9.10. The number of amides is 1. The van der Waals surface area contributed by atoms with Crippen molar-refractivity contribution in [2.75, 3.05) is 13.1 Å². The minimum absolute atomic E-state index is 0. The van der Waals surface area contributed by atoms with E-state index in [1.807, 2.05) is 24.3 Å². The third-order valence-corrected chi connectivity index (χ3v) is 3.72. The third kappa shape index (κ3) is 4.40. The maximum absolute atomic E-state index is 12.9. The molecule has 1 fully saturated rings. The molecular weight excluding hydrogens is 354 g/mol. The van der Waals surface area contributed by atoms with Gasteiger partial charge in [0.15, 0.2) is 0 Å². The topological polar surface area (TPSA) is 55.1 Å². The number of nitrogens with two attached hydrogens (primary N) is 1. The van der Waals surface area contributed by atoms with Crippen LogP contribution in [0.5, 0.6) is 0 Å². The molecule has 3 nitrogen and oxygen atoms in total. The van der Waals surface area contributed by atoms with Gasteiger partial charge < -0.3 is 11.1 Å². The predicted octanol–water partition coefficient (Wildman–Crippen LogP) is 2.68. The van der Waals surface area contributed by atoms with Gasteiger partial charge in [-0.3, -0.25) is 4.79 Å². The Kier molecular flexibility index (Phi) is 5.91. The zero-order chi connectivity index (χ0) is 14.0. The lowest BCUT2D eigenvalue weighted by Gasteiger charge is -2.14. The minimum Gasteiger partial charge on any atom is -0.350 e. The van der Waals surface area contributed by atoms with Gasteiger partial charge in [-0.25, -0.2) is 8.78 Å². The van der Waals surface area contributed by atoms with Crippen molar-refractivity contribution in [1.82, 2.24) is 5.32 Å². The molecule has 1 aliphatic carbocycles. The standard InChI is InChI=1S/C13H15BrF2N2O.ClH/c14-9-3-1-2-8(4-9)10-5-11(10)12(19)18-7-13(15,16)6-17;/h1-4,10-11H,5-7,17H2,(H,18,19);1H. The Morgan fingerprint density at radius 1 is 1.50 bits per heavy atom. The molecular formula is C13H16BrClF2N2O. The van der Waals surface area contributed by atoms with Crippen molar-refractivity contribution >= 4 is 34.2 Å². The average Bonchev–Trinajstić information content (AvgIpc) is 3.16. The van der Waals surface area contributed by atoms with E-state index in [9.17, 15) is 13.6 Å². The second-order valence-electron chi connectivity index (χ2n) is 4.78. The SMILES string of the molecule is Cl.NCC(F)(F)CNC(=O)C1CC1c1cccc(Br)c1. The van der Waals surface area contributed by atoms with E-state index in [-0.39, 0.29) is 30.2 Å². The molecule has 0 radical (unpaired) electrons. The van der Waals surface area contributed by atoms with Crippen molar-refractivity contribution in [3.05, 3.63) is 34.3 Å². The molecule has 7 heteroatoms. The van der Waals surface area contributed by atoms with E-state index in [0.29, 0.717) is 6.42 Å². The van der Waals surface area contributed by atoms with E-state index >= 15 is 0 Å². The Balaban J connectivity index is 0.00000200. The molecule has 0 spiro atoms. The molecule has 0 aromatic heterocycles. The highest BCUT2D eigenvalue weighted by atomic mass is 79.9. The maximum atomic E-state index is 12.9. The lowest BCUT2D eigenvalue weighted by Crippen LogP contribution is -2.42. The van der Waals surface area contributed by atoms with Gasteiger partial charge in [0.25, 0.3) is 5.92 Å². The van der Waals surface area contributed by atoms with Gasteiger partial charge in [-0.15, -0.1) is 12.4 Å². The van der Waals surface area contributed by atoms with Crippen LogP contribution in [0.2, 0.25) is 0 Å². The number of benzene rings is 1. The van der Waals surface area contributed by atoms with E-state index < -0.39 is 19.0 Å². The summed E-state index contributed by atoms with van der Waals surface area (Å²) in [4.78, 5) is 11.7. The van der Waals surface area contributed by atoms with Crippen molar-refractivity contribution in [3.8, 4) is 0 Å². The quantitative estimate of drug-likeness (QED) is 0.838. The molecule has 0 aliphatic heterocycles. The number of hydrogen-bond acceptors (Lipinski definition) is 2. The highest BCUT2D eigenvalue weighted by Crippen LogP contribution is 2.47. The zero-order valence-corrected chi connectivity index (χ0v) is 13.0. The summed E-state index contributed by atoms with van der Waals surface area (Å²) < 4.78 is 26.8. The first-order chi connectivity index (χ1) is 8.93. The van der Waals surface area contributed by atoms with Crippen molar-refractivity contribution in [2.45, 2.75) is 18.3 Å². The first kappa shape index (κ1) is 17.3. The van der Waals surface area contributed by atoms with Crippen molar-refractivity contribution in [2.24, 2.45) is 11.7 Å². The summed E-state index contributed by atoms with van der Waals surface area (Å²) in [5, 5.41) is 2.27. The second-order valence-corrected chi connectivity index (χ2v) is 5.70. The van der Waals surface area contributed by atoms with Crippen LogP contribution in [-0.2, 0) is 4.79 Å². The molecule has 1 aromatic carbocycles. The highest BCUT2D eigenvalue weighted by Gasteiger charge is 2.44. The van der Waals surface area contributed by atoms with Crippen LogP contribution in [0.4, 0.5) is 8.78 Å². The Labute approximate surface area is 130 Å². The molecule has 1 saturated carbocycles. The predicted molar refractivity (Wildman–Crippen MR) is 79.2 cm³/mol. The van der Waals surface area contributed by atoms with Gasteiger partial charge in [-0.1, -0.05) is 28.1 Å². The van der Waals surface area contributed by atoms with Crippen molar-refractivity contribution in [1.29, 1.82) is 0 Å². The van der Waals surface area contributed by atoms with Gasteiger partial charge in [0.05, 0.1) is 13.1 Å². The largest absolute Gasteiger partial charge is 0.350 e. The molecule has 3 N–H and O–H groups in total. The second kappa shape index (κ2) is 6.83. The first-order valence-electron chi connectivity index (χ1n) is 6.04. The summed E-state index contributed by atoms with van der Waals surface area (Å²) in [5.41, 5.74) is 5.97. The van der Waals surface area contributed by atoms with Crippen molar-refractivity contribution < 1.29 is 13.6 Å². The van der Waals surface area contributed by atoms with Gasteiger partial charge in [0.1, 0.15) is 0 Å². The molecule has 0 bridgehead atoms. The average molecular weight is 370 g/mol. The lowest BCUT2D eigenvalue weighted by atomic mass is 10.1. The fourth-order valence-electron chi connectivity index (χ4n) is 2.01. The molecule has 20 heavy (non-hydrogen) atoms. The molecule has 1 aromatic rings. The van der Waals surface area contributed by atoms with Crippen LogP contribution in [0.3, 0.4) is 0 Å². The lowest BCUT2D eigenvalue weighted by molar-refractivity contribution is -0.124. The summed E-state index contributed by atoms with van der Waals surface area (Å²) >= 11 is 3.37. The number of rotatable bonds is 5. The number of nitrogens with one attached hydrogen (secondary N) is 1. The monoisotopic (exact) mass is 368 g/mol. The van der Waals surface area contributed by atoms with E-state index in [1.54, 1.807) is 0 Å². The molecule has 2 atom stereocenters. The van der Waals surface area contributed by atoms with Crippen LogP contribution < -0.4 is 11.1 Å². The van der Waals surface area contributed by atoms with Crippen LogP contribution in [-0.4, -0.2) is 24.9 Å². The summed E-state index contributed by atoms with van der Waals surface area (Å²) in [6.45, 7) is -1.45. The molecule has 1 amide bonds. The Morgan fingerprint density at radius 3 is 2.80 bits per heavy atom. The molecule has 1 aliphatic rings. The summed E-state index contributed by atoms with van der Waals surface area (Å²) in [5.74, 6) is -3.43. The van der Waals surface area contributed by atoms with Gasteiger partial charge in [-0.2, -0.15) is 0 Å². The van der Waals surface area contributed by atoms with Gasteiger partial charge in [0.2, 0.25) is 5.91 Å². The van der Waals surface area contributed by atoms with Crippen LogP contribution in [0.15, 0.2) is 28.7 Å². The van der Waals surface area contributed by atoms with E-state index in [2.05, 4.69) is 21.2 Å². The first-order valence-corrected chi connectivity index (χ1v) is 6.83. The third-order valence-electron chi connectivity index (χ3n) is 3.22. The number of halogens is 4. The van der Waals surface area contributed by atoms with Gasteiger partial charge in [-0.05, 0) is 30.0 Å². The summed E-state index contributed by atoms with van der Waals surface area (Å²) in [6, 6.07) is 7.70. The zero-order valence-electron chi connectivity index (χ0n) is 10.6. The molecule has 0 heterocycles. The molecule has 2 rings (SSSR count). The van der Waals surface area contributed by atoms with E-state index in [1.165, 1.54) is 0 Å². The van der Waals surface area contributed by atoms with E-state index in [0.717, 1.165) is 10.0 Å². The Bertz CT molecular complexity index is 487. The molecule has 2 unspecified atom stereocenters. The molecule has 0 saturated heterocycles. The smallest absolute Gasteiger partial charge is 0.277 e. The number of carbonyl (C=O) groups excluding carboxylic acids is 1. The van der Waals surface area contributed by atoms with Crippen LogP contribution in [0, 0.1) is 5.92 Å². The number of alkyl halides is 2. The summed E-state index contributed by atoms with van der Waals surface area (Å²) in [6.07, 6.45) is 0.705. The van der Waals surface area contributed by atoms with Crippen LogP contribution in [0.25, 0.3) is 0 Å². The number of hydrogen-bond donors (Lipinski definition) is 2. The fourth-order valence-corrected chi connectivity index (χ4v) is 2.43. The van der Waals surface area contributed by atoms with Crippen molar-refractivity contribution in [3.63, 3.8) is 0 Å². The van der Waals surface area contributed by atoms with Crippen LogP contribution in [0.1, 0.15) is 17.9 Å². The Morgan fingerprint density at radius 2 is 2.20 bits per heavy atom. The van der Waals surface area contributed by atoms with Gasteiger partial charge in [0, 0.05) is 10.4 Å². The Hall–Kier alpha value is -0.720. The van der Waals surface area contributed by atoms with Crippen LogP contribution >= 0.6 is 28.3 Å². The van der Waals surface area contributed by atoms with Gasteiger partial charge >= 0.3 is 0 Å².